The Morgan fingerprint density at radius 2 is 2.43 bits per heavy atom. The van der Waals surface area contributed by atoms with Crippen molar-refractivity contribution in [3.63, 3.8) is 0 Å². The number of alkyl halides is 1. The molecule has 0 aromatic heterocycles. The van der Waals surface area contributed by atoms with Gasteiger partial charge in [0, 0.05) is 25.6 Å². The largest absolute Gasteiger partial charge is 0.381 e. The summed E-state index contributed by atoms with van der Waals surface area (Å²) in [5, 5.41) is 0. The second-order valence-electron chi connectivity index (χ2n) is 4.16. The van der Waals surface area contributed by atoms with E-state index in [4.69, 9.17) is 16.3 Å². The first-order chi connectivity index (χ1) is 6.72. The molecule has 0 aromatic rings. The maximum atomic E-state index is 5.69. The molecule has 0 N–H and O–H groups in total. The number of ether oxygens (including phenoxy) is 1. The van der Waals surface area contributed by atoms with Gasteiger partial charge in [-0.2, -0.15) is 0 Å². The molecule has 0 spiro atoms. The van der Waals surface area contributed by atoms with Gasteiger partial charge in [-0.3, -0.25) is 0 Å². The van der Waals surface area contributed by atoms with E-state index in [0.29, 0.717) is 11.8 Å². The highest BCUT2D eigenvalue weighted by Crippen LogP contribution is 2.14. The van der Waals surface area contributed by atoms with Crippen molar-refractivity contribution in [2.24, 2.45) is 5.92 Å². The molecule has 0 radical (unpaired) electrons. The van der Waals surface area contributed by atoms with Gasteiger partial charge in [-0.1, -0.05) is 6.58 Å². The lowest BCUT2D eigenvalue weighted by atomic mass is 10.0. The fourth-order valence-electron chi connectivity index (χ4n) is 1.88. The summed E-state index contributed by atoms with van der Waals surface area (Å²) >= 11 is 5.69. The van der Waals surface area contributed by atoms with Crippen LogP contribution in [0.5, 0.6) is 0 Å². The smallest absolute Gasteiger partial charge is 0.0506 e. The molecular formula is C11H20ClNO. The number of halogens is 1. The van der Waals surface area contributed by atoms with Gasteiger partial charge in [-0.25, -0.2) is 0 Å². The SMILES string of the molecule is C=C(CCl)CN(C)CC1CCCOC1. The second-order valence-corrected chi connectivity index (χ2v) is 4.43. The quantitative estimate of drug-likeness (QED) is 0.517. The zero-order chi connectivity index (χ0) is 10.4. The van der Waals surface area contributed by atoms with Crippen molar-refractivity contribution in [2.45, 2.75) is 12.8 Å². The number of likely N-dealkylation sites (N-methyl/N-ethyl adjacent to an activating group) is 1. The number of rotatable bonds is 5. The average molecular weight is 218 g/mol. The summed E-state index contributed by atoms with van der Waals surface area (Å²) in [5.74, 6) is 1.25. The number of hydrogen-bond acceptors (Lipinski definition) is 2. The fraction of sp³-hybridized carbons (Fsp3) is 0.818. The van der Waals surface area contributed by atoms with Crippen molar-refractivity contribution in [2.75, 3.05) is 39.2 Å². The minimum Gasteiger partial charge on any atom is -0.381 e. The molecule has 1 heterocycles. The van der Waals surface area contributed by atoms with E-state index >= 15 is 0 Å². The fourth-order valence-corrected chi connectivity index (χ4v) is 1.97. The predicted octanol–water partition coefficient (Wildman–Crippen LogP) is 2.14. The summed E-state index contributed by atoms with van der Waals surface area (Å²) in [7, 11) is 2.12. The van der Waals surface area contributed by atoms with E-state index in [1.807, 2.05) is 0 Å². The van der Waals surface area contributed by atoms with Gasteiger partial charge >= 0.3 is 0 Å². The van der Waals surface area contributed by atoms with Gasteiger partial charge in [0.15, 0.2) is 0 Å². The van der Waals surface area contributed by atoms with Crippen LogP contribution in [0, 0.1) is 5.92 Å². The molecule has 82 valence electrons. The lowest BCUT2D eigenvalue weighted by molar-refractivity contribution is 0.0431. The van der Waals surface area contributed by atoms with Crippen LogP contribution in [0.4, 0.5) is 0 Å². The van der Waals surface area contributed by atoms with Gasteiger partial charge in [0.05, 0.1) is 6.61 Å². The van der Waals surface area contributed by atoms with Crippen molar-refractivity contribution in [3.8, 4) is 0 Å². The van der Waals surface area contributed by atoms with E-state index in [2.05, 4.69) is 18.5 Å². The standard InChI is InChI=1S/C11H20ClNO/c1-10(6-12)7-13(2)8-11-4-3-5-14-9-11/h11H,1,3-9H2,2H3. The minimum atomic E-state index is 0.561. The van der Waals surface area contributed by atoms with Crippen molar-refractivity contribution in [1.82, 2.24) is 4.90 Å². The third-order valence-electron chi connectivity index (χ3n) is 2.51. The lowest BCUT2D eigenvalue weighted by Gasteiger charge is -2.27. The maximum absolute atomic E-state index is 5.69. The lowest BCUT2D eigenvalue weighted by Crippen LogP contribution is -2.32. The second kappa shape index (κ2) is 6.44. The first kappa shape index (κ1) is 12.0. The van der Waals surface area contributed by atoms with Gasteiger partial charge in [0.2, 0.25) is 0 Å². The Balaban J connectivity index is 2.18. The van der Waals surface area contributed by atoms with Crippen LogP contribution < -0.4 is 0 Å². The highest BCUT2D eigenvalue weighted by Gasteiger charge is 2.15. The van der Waals surface area contributed by atoms with E-state index in [9.17, 15) is 0 Å². The van der Waals surface area contributed by atoms with E-state index in [0.717, 1.165) is 31.9 Å². The van der Waals surface area contributed by atoms with Crippen LogP contribution in [0.25, 0.3) is 0 Å². The zero-order valence-corrected chi connectivity index (χ0v) is 9.72. The highest BCUT2D eigenvalue weighted by atomic mass is 35.5. The Kier molecular flexibility index (Phi) is 5.53. The molecule has 0 saturated carbocycles. The van der Waals surface area contributed by atoms with Crippen LogP contribution in [0.3, 0.4) is 0 Å². The number of hydrogen-bond donors (Lipinski definition) is 0. The van der Waals surface area contributed by atoms with E-state index < -0.39 is 0 Å². The first-order valence-corrected chi connectivity index (χ1v) is 5.74. The van der Waals surface area contributed by atoms with E-state index in [1.54, 1.807) is 0 Å². The van der Waals surface area contributed by atoms with Crippen molar-refractivity contribution in [3.05, 3.63) is 12.2 Å². The molecule has 14 heavy (non-hydrogen) atoms. The molecule has 0 amide bonds. The normalized spacial score (nSPS) is 22.6. The summed E-state index contributed by atoms with van der Waals surface area (Å²) in [6.45, 7) is 7.75. The van der Waals surface area contributed by atoms with Crippen LogP contribution >= 0.6 is 11.6 Å². The Bertz CT molecular complexity index is 178. The van der Waals surface area contributed by atoms with Gasteiger partial charge in [0.1, 0.15) is 0 Å². The summed E-state index contributed by atoms with van der Waals surface area (Å²) in [6, 6.07) is 0. The summed E-state index contributed by atoms with van der Waals surface area (Å²) in [4.78, 5) is 2.28. The Morgan fingerprint density at radius 1 is 1.64 bits per heavy atom. The van der Waals surface area contributed by atoms with Crippen LogP contribution in [-0.4, -0.2) is 44.1 Å². The van der Waals surface area contributed by atoms with Crippen LogP contribution in [0.15, 0.2) is 12.2 Å². The molecule has 1 atom stereocenters. The van der Waals surface area contributed by atoms with Crippen LogP contribution in [0.2, 0.25) is 0 Å². The Morgan fingerprint density at radius 3 is 3.00 bits per heavy atom. The van der Waals surface area contributed by atoms with Crippen LogP contribution in [0.1, 0.15) is 12.8 Å². The predicted molar refractivity (Wildman–Crippen MR) is 60.9 cm³/mol. The van der Waals surface area contributed by atoms with Crippen molar-refractivity contribution in [1.29, 1.82) is 0 Å². The molecule has 1 saturated heterocycles. The van der Waals surface area contributed by atoms with Crippen molar-refractivity contribution >= 4 is 11.6 Å². The molecule has 1 unspecified atom stereocenters. The zero-order valence-electron chi connectivity index (χ0n) is 8.97. The maximum Gasteiger partial charge on any atom is 0.0506 e. The van der Waals surface area contributed by atoms with Gasteiger partial charge < -0.3 is 9.64 Å². The molecule has 1 aliphatic rings. The molecular weight excluding hydrogens is 198 g/mol. The summed E-state index contributed by atoms with van der Waals surface area (Å²) in [5.41, 5.74) is 1.09. The molecule has 1 aliphatic heterocycles. The molecule has 2 nitrogen and oxygen atoms in total. The van der Waals surface area contributed by atoms with E-state index in [1.165, 1.54) is 12.8 Å². The molecule has 1 fully saturated rings. The molecule has 3 heteroatoms. The van der Waals surface area contributed by atoms with Gasteiger partial charge in [-0.15, -0.1) is 11.6 Å². The molecule has 0 aliphatic carbocycles. The summed E-state index contributed by atoms with van der Waals surface area (Å²) < 4.78 is 5.44. The third kappa shape index (κ3) is 4.45. The summed E-state index contributed by atoms with van der Waals surface area (Å²) in [6.07, 6.45) is 2.49. The van der Waals surface area contributed by atoms with E-state index in [-0.39, 0.29) is 0 Å². The molecule has 1 rings (SSSR count). The average Bonchev–Trinajstić information content (AvgIpc) is 2.19. The van der Waals surface area contributed by atoms with Gasteiger partial charge in [0.25, 0.3) is 0 Å². The minimum absolute atomic E-state index is 0.561. The third-order valence-corrected chi connectivity index (χ3v) is 2.88. The van der Waals surface area contributed by atoms with Crippen LogP contribution in [-0.2, 0) is 4.74 Å². The highest BCUT2D eigenvalue weighted by molar-refractivity contribution is 6.19. The topological polar surface area (TPSA) is 12.5 Å². The molecule has 0 bridgehead atoms. The Labute approximate surface area is 91.9 Å². The number of nitrogens with zero attached hydrogens (tertiary/aromatic N) is 1. The Hall–Kier alpha value is -0.0500. The van der Waals surface area contributed by atoms with Gasteiger partial charge in [-0.05, 0) is 31.4 Å². The monoisotopic (exact) mass is 217 g/mol. The first-order valence-electron chi connectivity index (χ1n) is 5.21. The molecule has 0 aromatic carbocycles. The van der Waals surface area contributed by atoms with Crippen molar-refractivity contribution < 1.29 is 4.74 Å².